The standard InChI is InChI=1S/C22H26N4O3/c1-22(2)14-23-9-17(29-22)13-28-21-18-4-3-6-24-20(18)8-19(25-21)15-5-7-26(10-15)16-11-27-12-16/h3-8,10,16-17,23H,9,11-14H2,1-2H3/t17-/m0/s1. The Labute approximate surface area is 170 Å². The van der Waals surface area contributed by atoms with Crippen LogP contribution in [0.3, 0.4) is 0 Å². The van der Waals surface area contributed by atoms with Gasteiger partial charge in [0.05, 0.1) is 41.5 Å². The van der Waals surface area contributed by atoms with E-state index in [1.807, 2.05) is 18.2 Å². The summed E-state index contributed by atoms with van der Waals surface area (Å²) in [7, 11) is 0. The Kier molecular flexibility index (Phi) is 4.73. The number of hydrogen-bond acceptors (Lipinski definition) is 6. The van der Waals surface area contributed by atoms with Gasteiger partial charge < -0.3 is 24.1 Å². The Morgan fingerprint density at radius 1 is 1.31 bits per heavy atom. The first-order chi connectivity index (χ1) is 14.1. The molecule has 0 bridgehead atoms. The molecule has 3 aromatic heterocycles. The van der Waals surface area contributed by atoms with Gasteiger partial charge in [-0.1, -0.05) is 0 Å². The normalized spacial score (nSPS) is 21.8. The lowest BCUT2D eigenvalue weighted by atomic mass is 10.1. The molecule has 5 heterocycles. The SMILES string of the molecule is CC1(C)CNC[C@@H](COc2nc(-c3ccn(C4COC4)c3)cc3ncccc23)O1. The lowest BCUT2D eigenvalue weighted by Gasteiger charge is -2.36. The lowest BCUT2D eigenvalue weighted by Crippen LogP contribution is -2.52. The van der Waals surface area contributed by atoms with Crippen molar-refractivity contribution in [3.63, 3.8) is 0 Å². The largest absolute Gasteiger partial charge is 0.474 e. The van der Waals surface area contributed by atoms with Gasteiger partial charge in [0.25, 0.3) is 0 Å². The minimum atomic E-state index is -0.195. The van der Waals surface area contributed by atoms with E-state index < -0.39 is 0 Å². The number of pyridine rings is 2. The monoisotopic (exact) mass is 394 g/mol. The molecule has 0 aromatic carbocycles. The molecule has 0 spiro atoms. The molecule has 2 aliphatic heterocycles. The number of nitrogens with one attached hydrogen (secondary N) is 1. The number of fused-ring (bicyclic) bond motifs is 1. The third-order valence-electron chi connectivity index (χ3n) is 5.43. The zero-order valence-corrected chi connectivity index (χ0v) is 16.8. The summed E-state index contributed by atoms with van der Waals surface area (Å²) in [6, 6.07) is 8.41. The summed E-state index contributed by atoms with van der Waals surface area (Å²) in [5, 5.41) is 4.32. The highest BCUT2D eigenvalue weighted by Gasteiger charge is 2.29. The van der Waals surface area contributed by atoms with E-state index in [2.05, 4.69) is 47.2 Å². The molecule has 2 aliphatic rings. The molecule has 1 atom stereocenters. The fourth-order valence-electron chi connectivity index (χ4n) is 3.82. The number of rotatable bonds is 5. The van der Waals surface area contributed by atoms with Gasteiger partial charge >= 0.3 is 0 Å². The Hall–Kier alpha value is -2.48. The minimum Gasteiger partial charge on any atom is -0.474 e. The second kappa shape index (κ2) is 7.40. The third kappa shape index (κ3) is 3.85. The summed E-state index contributed by atoms with van der Waals surface area (Å²) in [6.45, 7) is 7.75. The summed E-state index contributed by atoms with van der Waals surface area (Å²) >= 11 is 0. The smallest absolute Gasteiger partial charge is 0.223 e. The first-order valence-electron chi connectivity index (χ1n) is 10.1. The van der Waals surface area contributed by atoms with E-state index in [0.29, 0.717) is 18.5 Å². The summed E-state index contributed by atoms with van der Waals surface area (Å²) in [5.41, 5.74) is 2.58. The van der Waals surface area contributed by atoms with Gasteiger partial charge in [0, 0.05) is 37.2 Å². The molecular formula is C22H26N4O3. The van der Waals surface area contributed by atoms with Crippen molar-refractivity contribution in [1.82, 2.24) is 19.9 Å². The molecule has 0 amide bonds. The quantitative estimate of drug-likeness (QED) is 0.718. The van der Waals surface area contributed by atoms with Crippen molar-refractivity contribution in [2.45, 2.75) is 31.6 Å². The number of aromatic nitrogens is 3. The molecular weight excluding hydrogens is 368 g/mol. The van der Waals surface area contributed by atoms with Gasteiger partial charge in [-0.15, -0.1) is 0 Å². The van der Waals surface area contributed by atoms with E-state index in [0.717, 1.165) is 48.5 Å². The maximum absolute atomic E-state index is 6.16. The summed E-state index contributed by atoms with van der Waals surface area (Å²) in [4.78, 5) is 9.35. The lowest BCUT2D eigenvalue weighted by molar-refractivity contribution is -0.107. The molecule has 0 radical (unpaired) electrons. The second-order valence-corrected chi connectivity index (χ2v) is 8.36. The Morgan fingerprint density at radius 3 is 3.00 bits per heavy atom. The fourth-order valence-corrected chi connectivity index (χ4v) is 3.82. The van der Waals surface area contributed by atoms with Crippen molar-refractivity contribution in [1.29, 1.82) is 0 Å². The Bertz CT molecular complexity index is 1010. The highest BCUT2D eigenvalue weighted by Crippen LogP contribution is 2.30. The van der Waals surface area contributed by atoms with Gasteiger partial charge in [0.15, 0.2) is 0 Å². The molecule has 0 saturated carbocycles. The molecule has 7 heteroatoms. The van der Waals surface area contributed by atoms with E-state index in [9.17, 15) is 0 Å². The van der Waals surface area contributed by atoms with Gasteiger partial charge in [0.2, 0.25) is 5.88 Å². The predicted octanol–water partition coefficient (Wildman–Crippen LogP) is 2.82. The van der Waals surface area contributed by atoms with Crippen LogP contribution >= 0.6 is 0 Å². The van der Waals surface area contributed by atoms with Crippen molar-refractivity contribution in [3.05, 3.63) is 42.9 Å². The van der Waals surface area contributed by atoms with E-state index in [1.54, 1.807) is 6.20 Å². The van der Waals surface area contributed by atoms with Crippen LogP contribution in [0.4, 0.5) is 0 Å². The first-order valence-corrected chi connectivity index (χ1v) is 10.1. The van der Waals surface area contributed by atoms with Crippen LogP contribution in [0.5, 0.6) is 5.88 Å². The van der Waals surface area contributed by atoms with E-state index in [-0.39, 0.29) is 11.7 Å². The van der Waals surface area contributed by atoms with Crippen LogP contribution in [0.15, 0.2) is 42.9 Å². The zero-order chi connectivity index (χ0) is 19.8. The molecule has 29 heavy (non-hydrogen) atoms. The first kappa shape index (κ1) is 18.5. The van der Waals surface area contributed by atoms with Gasteiger partial charge in [-0.25, -0.2) is 4.98 Å². The maximum Gasteiger partial charge on any atom is 0.223 e. The van der Waals surface area contributed by atoms with Crippen molar-refractivity contribution >= 4 is 10.9 Å². The van der Waals surface area contributed by atoms with Crippen LogP contribution < -0.4 is 10.1 Å². The van der Waals surface area contributed by atoms with Crippen LogP contribution in [0.25, 0.3) is 22.2 Å². The molecule has 152 valence electrons. The highest BCUT2D eigenvalue weighted by molar-refractivity contribution is 5.86. The summed E-state index contributed by atoms with van der Waals surface area (Å²) in [5.74, 6) is 0.595. The molecule has 3 aromatic rings. The summed E-state index contributed by atoms with van der Waals surface area (Å²) < 4.78 is 19.8. The Morgan fingerprint density at radius 2 is 2.21 bits per heavy atom. The Balaban J connectivity index is 1.42. The number of hydrogen-bond donors (Lipinski definition) is 1. The van der Waals surface area contributed by atoms with E-state index >= 15 is 0 Å². The number of morpholine rings is 1. The average Bonchev–Trinajstić information content (AvgIpc) is 3.13. The molecule has 2 fully saturated rings. The molecule has 5 rings (SSSR count). The van der Waals surface area contributed by atoms with E-state index in [4.69, 9.17) is 19.2 Å². The number of nitrogens with zero attached hydrogens (tertiary/aromatic N) is 3. The van der Waals surface area contributed by atoms with Crippen LogP contribution in [-0.2, 0) is 9.47 Å². The van der Waals surface area contributed by atoms with Crippen LogP contribution in [0.1, 0.15) is 19.9 Å². The highest BCUT2D eigenvalue weighted by atomic mass is 16.6. The predicted molar refractivity (Wildman–Crippen MR) is 110 cm³/mol. The zero-order valence-electron chi connectivity index (χ0n) is 16.8. The molecule has 0 unspecified atom stereocenters. The minimum absolute atomic E-state index is 0.0179. The van der Waals surface area contributed by atoms with Crippen molar-refractivity contribution in [3.8, 4) is 17.1 Å². The van der Waals surface area contributed by atoms with Gasteiger partial charge in [-0.2, -0.15) is 0 Å². The van der Waals surface area contributed by atoms with E-state index in [1.165, 1.54) is 0 Å². The van der Waals surface area contributed by atoms with Crippen molar-refractivity contribution in [2.24, 2.45) is 0 Å². The van der Waals surface area contributed by atoms with Crippen LogP contribution in [0.2, 0.25) is 0 Å². The fraction of sp³-hybridized carbons (Fsp3) is 0.455. The molecule has 1 N–H and O–H groups in total. The third-order valence-corrected chi connectivity index (χ3v) is 5.43. The van der Waals surface area contributed by atoms with Gasteiger partial charge in [0.1, 0.15) is 12.7 Å². The second-order valence-electron chi connectivity index (χ2n) is 8.36. The van der Waals surface area contributed by atoms with Crippen LogP contribution in [-0.4, -0.2) is 59.2 Å². The van der Waals surface area contributed by atoms with Gasteiger partial charge in [-0.05, 0) is 38.1 Å². The molecule has 2 saturated heterocycles. The van der Waals surface area contributed by atoms with Crippen molar-refractivity contribution < 1.29 is 14.2 Å². The van der Waals surface area contributed by atoms with Crippen LogP contribution in [0, 0.1) is 0 Å². The topological polar surface area (TPSA) is 70.4 Å². The maximum atomic E-state index is 6.16. The molecule has 7 nitrogen and oxygen atoms in total. The average molecular weight is 394 g/mol. The summed E-state index contributed by atoms with van der Waals surface area (Å²) in [6.07, 6.45) is 5.97. The molecule has 0 aliphatic carbocycles. The number of ether oxygens (including phenoxy) is 3. The van der Waals surface area contributed by atoms with Crippen molar-refractivity contribution in [2.75, 3.05) is 32.9 Å². The van der Waals surface area contributed by atoms with Gasteiger partial charge in [-0.3, -0.25) is 4.98 Å².